The summed E-state index contributed by atoms with van der Waals surface area (Å²) in [5.41, 5.74) is 2.86. The number of aliphatic imine (C=N–C) groups is 1. The lowest BCUT2D eigenvalue weighted by Crippen LogP contribution is -2.38. The molecule has 1 amide bonds. The first-order chi connectivity index (χ1) is 12.5. The number of benzene rings is 2. The van der Waals surface area contributed by atoms with Gasteiger partial charge in [-0.25, -0.2) is 4.99 Å². The molecule has 0 saturated carbocycles. The van der Waals surface area contributed by atoms with E-state index in [-0.39, 0.29) is 29.9 Å². The van der Waals surface area contributed by atoms with Gasteiger partial charge in [-0.1, -0.05) is 35.9 Å². The van der Waals surface area contributed by atoms with Crippen LogP contribution >= 0.6 is 35.6 Å². The van der Waals surface area contributed by atoms with Crippen LogP contribution in [-0.2, 0) is 13.1 Å². The molecular formula is C20H26ClIN4O. The lowest BCUT2D eigenvalue weighted by atomic mass is 10.1. The van der Waals surface area contributed by atoms with E-state index in [2.05, 4.69) is 15.5 Å². The molecule has 0 aliphatic carbocycles. The van der Waals surface area contributed by atoms with Gasteiger partial charge in [0.05, 0.1) is 6.54 Å². The van der Waals surface area contributed by atoms with Crippen LogP contribution in [0.5, 0.6) is 0 Å². The van der Waals surface area contributed by atoms with E-state index in [1.807, 2.05) is 62.5 Å². The molecule has 0 unspecified atom stereocenters. The van der Waals surface area contributed by atoms with Crippen LogP contribution in [0.4, 0.5) is 0 Å². The molecule has 2 rings (SSSR count). The standard InChI is InChI=1S/C20H25ClN4O.HI/c1-4-23-20(25(3)14-16-7-11-18(21)12-8-16)24-13-15-5-9-17(10-6-15)19(26)22-2;/h5-12H,4,13-14H2,1-3H3,(H,22,26)(H,23,24);1H. The van der Waals surface area contributed by atoms with E-state index in [0.29, 0.717) is 12.1 Å². The molecule has 0 saturated heterocycles. The molecule has 0 fully saturated rings. The zero-order valence-corrected chi connectivity index (χ0v) is 18.9. The fraction of sp³-hybridized carbons (Fsp3) is 0.300. The lowest BCUT2D eigenvalue weighted by molar-refractivity contribution is 0.0963. The van der Waals surface area contributed by atoms with Crippen molar-refractivity contribution >= 4 is 47.4 Å². The third kappa shape index (κ3) is 7.38. The van der Waals surface area contributed by atoms with Gasteiger partial charge in [-0.15, -0.1) is 24.0 Å². The quantitative estimate of drug-likeness (QED) is 0.359. The van der Waals surface area contributed by atoms with E-state index in [1.54, 1.807) is 7.05 Å². The van der Waals surface area contributed by atoms with E-state index < -0.39 is 0 Å². The van der Waals surface area contributed by atoms with Crippen molar-refractivity contribution < 1.29 is 4.79 Å². The monoisotopic (exact) mass is 500 g/mol. The Morgan fingerprint density at radius 3 is 2.22 bits per heavy atom. The van der Waals surface area contributed by atoms with Crippen LogP contribution in [-0.4, -0.2) is 37.4 Å². The molecule has 0 heterocycles. The predicted octanol–water partition coefficient (Wildman–Crippen LogP) is 3.92. The van der Waals surface area contributed by atoms with Gasteiger partial charge in [0, 0.05) is 37.8 Å². The van der Waals surface area contributed by atoms with Gasteiger partial charge in [0.25, 0.3) is 5.91 Å². The first-order valence-corrected chi connectivity index (χ1v) is 8.96. The van der Waals surface area contributed by atoms with Crippen molar-refractivity contribution in [3.63, 3.8) is 0 Å². The van der Waals surface area contributed by atoms with Gasteiger partial charge >= 0.3 is 0 Å². The average molecular weight is 501 g/mol. The fourth-order valence-corrected chi connectivity index (χ4v) is 2.61. The summed E-state index contributed by atoms with van der Waals surface area (Å²) in [6, 6.07) is 15.3. The third-order valence-electron chi connectivity index (χ3n) is 3.88. The van der Waals surface area contributed by atoms with E-state index >= 15 is 0 Å². The molecule has 2 aromatic carbocycles. The topological polar surface area (TPSA) is 56.7 Å². The molecule has 0 aliphatic rings. The van der Waals surface area contributed by atoms with Crippen molar-refractivity contribution in [1.29, 1.82) is 0 Å². The molecule has 2 aromatic rings. The van der Waals surface area contributed by atoms with Crippen LogP contribution in [0, 0.1) is 0 Å². The Kier molecular flexibility index (Phi) is 10.2. The van der Waals surface area contributed by atoms with Crippen molar-refractivity contribution in [2.24, 2.45) is 4.99 Å². The highest BCUT2D eigenvalue weighted by molar-refractivity contribution is 14.0. The maximum absolute atomic E-state index is 11.6. The molecule has 2 N–H and O–H groups in total. The van der Waals surface area contributed by atoms with Crippen molar-refractivity contribution in [3.05, 3.63) is 70.2 Å². The van der Waals surface area contributed by atoms with E-state index in [1.165, 1.54) is 0 Å². The number of amides is 1. The predicted molar refractivity (Wildman–Crippen MR) is 123 cm³/mol. The smallest absolute Gasteiger partial charge is 0.251 e. The van der Waals surface area contributed by atoms with Gasteiger partial charge in [0.1, 0.15) is 0 Å². The van der Waals surface area contributed by atoms with Crippen molar-refractivity contribution in [1.82, 2.24) is 15.5 Å². The maximum atomic E-state index is 11.6. The minimum atomic E-state index is -0.0870. The summed E-state index contributed by atoms with van der Waals surface area (Å²) in [7, 11) is 3.63. The van der Waals surface area contributed by atoms with Gasteiger partial charge in [-0.05, 0) is 42.3 Å². The number of carbonyl (C=O) groups excluding carboxylic acids is 1. The Labute approximate surface area is 183 Å². The molecule has 27 heavy (non-hydrogen) atoms. The minimum absolute atomic E-state index is 0. The summed E-state index contributed by atoms with van der Waals surface area (Å²) in [4.78, 5) is 18.4. The molecule has 0 atom stereocenters. The first-order valence-electron chi connectivity index (χ1n) is 8.58. The summed E-state index contributed by atoms with van der Waals surface area (Å²) in [6.45, 7) is 4.11. The Hall–Kier alpha value is -1.80. The molecule has 7 heteroatoms. The molecule has 0 bridgehead atoms. The highest BCUT2D eigenvalue weighted by atomic mass is 127. The van der Waals surface area contributed by atoms with Crippen LogP contribution < -0.4 is 10.6 Å². The largest absolute Gasteiger partial charge is 0.357 e. The number of hydrogen-bond acceptors (Lipinski definition) is 2. The zero-order valence-electron chi connectivity index (χ0n) is 15.8. The molecule has 0 spiro atoms. The molecule has 0 aromatic heterocycles. The Morgan fingerprint density at radius 1 is 1.07 bits per heavy atom. The van der Waals surface area contributed by atoms with E-state index in [0.717, 1.165) is 35.2 Å². The number of nitrogens with zero attached hydrogens (tertiary/aromatic N) is 2. The summed E-state index contributed by atoms with van der Waals surface area (Å²) < 4.78 is 0. The van der Waals surface area contributed by atoms with Crippen LogP contribution in [0.2, 0.25) is 5.02 Å². The van der Waals surface area contributed by atoms with Crippen LogP contribution in [0.1, 0.15) is 28.4 Å². The van der Waals surface area contributed by atoms with Crippen molar-refractivity contribution in [2.75, 3.05) is 20.6 Å². The summed E-state index contributed by atoms with van der Waals surface area (Å²) in [6.07, 6.45) is 0. The van der Waals surface area contributed by atoms with E-state index in [9.17, 15) is 4.79 Å². The van der Waals surface area contributed by atoms with Gasteiger partial charge in [-0.2, -0.15) is 0 Å². The zero-order chi connectivity index (χ0) is 18.9. The van der Waals surface area contributed by atoms with Crippen LogP contribution in [0.15, 0.2) is 53.5 Å². The second-order valence-corrected chi connectivity index (χ2v) is 6.37. The number of halogens is 2. The van der Waals surface area contributed by atoms with Gasteiger partial charge in [0.15, 0.2) is 5.96 Å². The number of nitrogens with one attached hydrogen (secondary N) is 2. The maximum Gasteiger partial charge on any atom is 0.251 e. The summed E-state index contributed by atoms with van der Waals surface area (Å²) in [5, 5.41) is 6.66. The molecule has 0 radical (unpaired) electrons. The minimum Gasteiger partial charge on any atom is -0.357 e. The Balaban J connectivity index is 0.00000364. The number of hydrogen-bond donors (Lipinski definition) is 2. The van der Waals surface area contributed by atoms with Gasteiger partial charge < -0.3 is 15.5 Å². The third-order valence-corrected chi connectivity index (χ3v) is 4.14. The highest BCUT2D eigenvalue weighted by Crippen LogP contribution is 2.11. The lowest BCUT2D eigenvalue weighted by Gasteiger charge is -2.22. The SMILES string of the molecule is CCNC(=NCc1ccc(C(=O)NC)cc1)N(C)Cc1ccc(Cl)cc1.I. The first kappa shape index (κ1) is 23.2. The van der Waals surface area contributed by atoms with Gasteiger partial charge in [-0.3, -0.25) is 4.79 Å². The Morgan fingerprint density at radius 2 is 1.67 bits per heavy atom. The molecule has 0 aliphatic heterocycles. The summed E-state index contributed by atoms with van der Waals surface area (Å²) >= 11 is 5.94. The highest BCUT2D eigenvalue weighted by Gasteiger charge is 2.07. The normalized spacial score (nSPS) is 10.7. The number of rotatable bonds is 6. The molecule has 146 valence electrons. The van der Waals surface area contributed by atoms with Crippen molar-refractivity contribution in [3.8, 4) is 0 Å². The van der Waals surface area contributed by atoms with Gasteiger partial charge in [0.2, 0.25) is 0 Å². The van der Waals surface area contributed by atoms with E-state index in [4.69, 9.17) is 16.6 Å². The second-order valence-electron chi connectivity index (χ2n) is 5.93. The average Bonchev–Trinajstić information content (AvgIpc) is 2.66. The number of guanidine groups is 1. The second kappa shape index (κ2) is 11.8. The van der Waals surface area contributed by atoms with Crippen molar-refractivity contribution in [2.45, 2.75) is 20.0 Å². The molecular weight excluding hydrogens is 475 g/mol. The van der Waals surface area contributed by atoms with Crippen LogP contribution in [0.25, 0.3) is 0 Å². The summed E-state index contributed by atoms with van der Waals surface area (Å²) in [5.74, 6) is 0.744. The molecule has 5 nitrogen and oxygen atoms in total. The number of carbonyl (C=O) groups is 1. The van der Waals surface area contributed by atoms with Crippen LogP contribution in [0.3, 0.4) is 0 Å². The Bertz CT molecular complexity index is 748. The fourth-order valence-electron chi connectivity index (χ4n) is 2.48.